The summed E-state index contributed by atoms with van der Waals surface area (Å²) in [5, 5.41) is 13.0. The first kappa shape index (κ1) is 10.4. The number of aliphatic hydroxyl groups is 1. The van der Waals surface area contributed by atoms with Gasteiger partial charge in [0.2, 0.25) is 5.91 Å². The average molecular weight is 231 g/mol. The molecule has 1 atom stereocenters. The van der Waals surface area contributed by atoms with Crippen LogP contribution in [0.3, 0.4) is 0 Å². The Kier molecular flexibility index (Phi) is 2.67. The van der Waals surface area contributed by atoms with E-state index in [4.69, 9.17) is 21.2 Å². The Morgan fingerprint density at radius 2 is 2.47 bits per heavy atom. The summed E-state index contributed by atoms with van der Waals surface area (Å²) < 4.78 is 4.98. The van der Waals surface area contributed by atoms with Gasteiger partial charge in [0.1, 0.15) is 10.7 Å². The molecule has 1 saturated heterocycles. The monoisotopic (exact) mass is 230 g/mol. The maximum absolute atomic E-state index is 11.6. The van der Waals surface area contributed by atoms with Crippen LogP contribution < -0.4 is 4.90 Å². The zero-order valence-corrected chi connectivity index (χ0v) is 8.99. The number of hydrogen-bond donors (Lipinski definition) is 1. The molecule has 5 nitrogen and oxygen atoms in total. The highest BCUT2D eigenvalue weighted by Gasteiger charge is 2.34. The van der Waals surface area contributed by atoms with E-state index in [9.17, 15) is 4.79 Å². The molecule has 15 heavy (non-hydrogen) atoms. The van der Waals surface area contributed by atoms with Gasteiger partial charge in [-0.25, -0.2) is 0 Å². The van der Waals surface area contributed by atoms with Crippen LogP contribution >= 0.6 is 11.6 Å². The van der Waals surface area contributed by atoms with Gasteiger partial charge in [-0.1, -0.05) is 16.8 Å². The molecule has 0 saturated carbocycles. The number of hydrogen-bond acceptors (Lipinski definition) is 4. The van der Waals surface area contributed by atoms with Crippen LogP contribution in [0.15, 0.2) is 4.52 Å². The topological polar surface area (TPSA) is 66.6 Å². The van der Waals surface area contributed by atoms with Crippen molar-refractivity contribution >= 4 is 23.4 Å². The van der Waals surface area contributed by atoms with Crippen molar-refractivity contribution < 1.29 is 14.4 Å². The van der Waals surface area contributed by atoms with Crippen LogP contribution in [-0.2, 0) is 4.79 Å². The van der Waals surface area contributed by atoms with E-state index in [0.29, 0.717) is 23.7 Å². The summed E-state index contributed by atoms with van der Waals surface area (Å²) in [5.74, 6) is 0.154. The van der Waals surface area contributed by atoms with E-state index in [1.54, 1.807) is 6.92 Å². The van der Waals surface area contributed by atoms with Gasteiger partial charge in [-0.2, -0.15) is 0 Å². The molecule has 1 aliphatic rings. The van der Waals surface area contributed by atoms with E-state index in [2.05, 4.69) is 5.16 Å². The van der Waals surface area contributed by atoms with Crippen molar-refractivity contribution in [1.29, 1.82) is 0 Å². The zero-order chi connectivity index (χ0) is 11.0. The van der Waals surface area contributed by atoms with E-state index < -0.39 is 0 Å². The van der Waals surface area contributed by atoms with Crippen molar-refractivity contribution in [2.75, 3.05) is 18.1 Å². The molecule has 1 aromatic heterocycles. The van der Waals surface area contributed by atoms with Crippen molar-refractivity contribution in [3.8, 4) is 0 Å². The Labute approximate surface area is 91.6 Å². The van der Waals surface area contributed by atoms with Crippen molar-refractivity contribution in [2.24, 2.45) is 5.92 Å². The fraction of sp³-hybridized carbons (Fsp3) is 0.556. The summed E-state index contributed by atoms with van der Waals surface area (Å²) in [7, 11) is 0. The number of nitrogens with zero attached hydrogens (tertiary/aromatic N) is 2. The van der Waals surface area contributed by atoms with Gasteiger partial charge in [-0.3, -0.25) is 9.69 Å². The standard InChI is InChI=1S/C9H11ClN2O3/c1-5-8(10)9(15-11-5)12-3-6(4-13)2-7(12)14/h6,13H,2-4H2,1H3. The quantitative estimate of drug-likeness (QED) is 0.823. The van der Waals surface area contributed by atoms with Crippen molar-refractivity contribution in [2.45, 2.75) is 13.3 Å². The first-order valence-corrected chi connectivity index (χ1v) is 5.04. The number of aromatic nitrogens is 1. The van der Waals surface area contributed by atoms with E-state index in [0.717, 1.165) is 0 Å². The molecule has 82 valence electrons. The lowest BCUT2D eigenvalue weighted by molar-refractivity contribution is -0.117. The zero-order valence-electron chi connectivity index (χ0n) is 8.23. The number of aliphatic hydroxyl groups excluding tert-OH is 1. The minimum Gasteiger partial charge on any atom is -0.396 e. The van der Waals surface area contributed by atoms with Crippen LogP contribution in [-0.4, -0.2) is 29.3 Å². The Morgan fingerprint density at radius 3 is 2.93 bits per heavy atom. The summed E-state index contributed by atoms with van der Waals surface area (Å²) in [5.41, 5.74) is 0.562. The molecule has 2 rings (SSSR count). The molecular weight excluding hydrogens is 220 g/mol. The Hall–Kier alpha value is -1.07. The van der Waals surface area contributed by atoms with Crippen LogP contribution in [0, 0.1) is 12.8 Å². The van der Waals surface area contributed by atoms with E-state index in [1.165, 1.54) is 4.90 Å². The predicted octanol–water partition coefficient (Wildman–Crippen LogP) is 0.982. The summed E-state index contributed by atoms with van der Waals surface area (Å²) >= 11 is 5.93. The van der Waals surface area contributed by atoms with Crippen LogP contribution in [0.25, 0.3) is 0 Å². The van der Waals surface area contributed by atoms with Crippen molar-refractivity contribution in [3.63, 3.8) is 0 Å². The van der Waals surface area contributed by atoms with Gasteiger partial charge in [-0.05, 0) is 6.92 Å². The Bertz CT molecular complexity index is 391. The number of anilines is 1. The normalized spacial score (nSPS) is 21.4. The molecule has 1 N–H and O–H groups in total. The second kappa shape index (κ2) is 3.83. The van der Waals surface area contributed by atoms with Gasteiger partial charge in [0.25, 0.3) is 5.88 Å². The highest BCUT2D eigenvalue weighted by atomic mass is 35.5. The second-order valence-electron chi connectivity index (χ2n) is 3.64. The molecule has 1 fully saturated rings. The molecule has 0 aliphatic carbocycles. The molecule has 6 heteroatoms. The smallest absolute Gasteiger partial charge is 0.252 e. The minimum atomic E-state index is -0.0906. The van der Waals surface area contributed by atoms with Crippen LogP contribution in [0.5, 0.6) is 0 Å². The van der Waals surface area contributed by atoms with E-state index >= 15 is 0 Å². The lowest BCUT2D eigenvalue weighted by Crippen LogP contribution is -2.24. The van der Waals surface area contributed by atoms with Gasteiger partial charge < -0.3 is 9.63 Å². The lowest BCUT2D eigenvalue weighted by atomic mass is 10.1. The Morgan fingerprint density at radius 1 is 1.73 bits per heavy atom. The third-order valence-corrected chi connectivity index (χ3v) is 2.92. The molecule has 1 aliphatic heterocycles. The molecule has 2 heterocycles. The minimum absolute atomic E-state index is 0.00697. The molecular formula is C9H11ClN2O3. The number of carbonyl (C=O) groups excluding carboxylic acids is 1. The van der Waals surface area contributed by atoms with Crippen molar-refractivity contribution in [1.82, 2.24) is 5.16 Å². The lowest BCUT2D eigenvalue weighted by Gasteiger charge is -2.11. The maximum Gasteiger partial charge on any atom is 0.252 e. The molecule has 1 amide bonds. The number of rotatable bonds is 2. The first-order valence-electron chi connectivity index (χ1n) is 4.66. The fourth-order valence-corrected chi connectivity index (χ4v) is 1.79. The predicted molar refractivity (Wildman–Crippen MR) is 53.8 cm³/mol. The van der Waals surface area contributed by atoms with Crippen LogP contribution in [0.4, 0.5) is 5.88 Å². The highest BCUT2D eigenvalue weighted by molar-refractivity contribution is 6.34. The molecule has 0 bridgehead atoms. The van der Waals surface area contributed by atoms with E-state index in [-0.39, 0.29) is 24.3 Å². The molecule has 0 radical (unpaired) electrons. The van der Waals surface area contributed by atoms with Gasteiger partial charge in [-0.15, -0.1) is 0 Å². The summed E-state index contributed by atoms with van der Waals surface area (Å²) in [4.78, 5) is 13.0. The summed E-state index contributed by atoms with van der Waals surface area (Å²) in [6.07, 6.45) is 0.326. The highest BCUT2D eigenvalue weighted by Crippen LogP contribution is 2.32. The van der Waals surface area contributed by atoms with Gasteiger partial charge in [0.15, 0.2) is 0 Å². The summed E-state index contributed by atoms with van der Waals surface area (Å²) in [6, 6.07) is 0. The largest absolute Gasteiger partial charge is 0.396 e. The van der Waals surface area contributed by atoms with Crippen LogP contribution in [0.1, 0.15) is 12.1 Å². The number of aryl methyl sites for hydroxylation is 1. The maximum atomic E-state index is 11.6. The van der Waals surface area contributed by atoms with Crippen LogP contribution in [0.2, 0.25) is 5.02 Å². The summed E-state index contributed by atoms with van der Waals surface area (Å²) in [6.45, 7) is 2.13. The average Bonchev–Trinajstić information content (AvgIpc) is 2.73. The van der Waals surface area contributed by atoms with Gasteiger partial charge >= 0.3 is 0 Å². The Balaban J connectivity index is 2.25. The van der Waals surface area contributed by atoms with Crippen molar-refractivity contribution in [3.05, 3.63) is 10.7 Å². The van der Waals surface area contributed by atoms with E-state index in [1.807, 2.05) is 0 Å². The first-order chi connectivity index (χ1) is 7.13. The van der Waals surface area contributed by atoms with Gasteiger partial charge in [0.05, 0.1) is 0 Å². The third-order valence-electron chi connectivity index (χ3n) is 2.48. The number of halogens is 1. The third kappa shape index (κ3) is 1.72. The SMILES string of the molecule is Cc1noc(N2CC(CO)CC2=O)c1Cl. The molecule has 0 aromatic carbocycles. The number of carbonyl (C=O) groups is 1. The van der Waals surface area contributed by atoms with Gasteiger partial charge in [0, 0.05) is 25.5 Å². The molecule has 1 unspecified atom stereocenters. The fourth-order valence-electron chi connectivity index (χ4n) is 1.61. The molecule has 0 spiro atoms. The number of amides is 1. The molecule has 1 aromatic rings. The second-order valence-corrected chi connectivity index (χ2v) is 4.02.